The maximum atomic E-state index is 12.6. The van der Waals surface area contributed by atoms with Crippen molar-refractivity contribution >= 4 is 16.8 Å². The van der Waals surface area contributed by atoms with E-state index in [-0.39, 0.29) is 18.3 Å². The normalized spacial score (nSPS) is 10.9. The number of carbonyl (C=O) groups is 1. The molecule has 3 aromatic rings. The first-order valence-corrected chi connectivity index (χ1v) is 7.60. The standard InChI is InChI=1S/C18H15ClN2O2/c19-16(22)13-20-11-12-21(18(20)23)17(14-7-3-1-4-8-14)15-9-5-2-6-10-15/h1-12,17H,13H2. The summed E-state index contributed by atoms with van der Waals surface area (Å²) in [5.74, 6) is 0. The van der Waals surface area contributed by atoms with Crippen LogP contribution in [0.1, 0.15) is 17.2 Å². The Balaban J connectivity index is 2.12. The highest BCUT2D eigenvalue weighted by Gasteiger charge is 2.19. The molecule has 0 N–H and O–H groups in total. The predicted molar refractivity (Wildman–Crippen MR) is 89.7 cm³/mol. The summed E-state index contributed by atoms with van der Waals surface area (Å²) in [6.07, 6.45) is 3.27. The smallest absolute Gasteiger partial charge is 0.290 e. The molecule has 5 heteroatoms. The van der Waals surface area contributed by atoms with Crippen molar-refractivity contribution in [3.8, 4) is 0 Å². The Kier molecular flexibility index (Phi) is 4.44. The summed E-state index contributed by atoms with van der Waals surface area (Å²) < 4.78 is 2.93. The molecule has 0 atom stereocenters. The number of carbonyl (C=O) groups excluding carboxylic acids is 1. The fourth-order valence-electron chi connectivity index (χ4n) is 2.66. The third-order valence-electron chi connectivity index (χ3n) is 3.68. The molecule has 0 aliphatic carbocycles. The van der Waals surface area contributed by atoms with Gasteiger partial charge in [-0.3, -0.25) is 13.9 Å². The van der Waals surface area contributed by atoms with E-state index in [1.807, 2.05) is 60.7 Å². The first-order chi connectivity index (χ1) is 11.2. The van der Waals surface area contributed by atoms with Gasteiger partial charge in [-0.05, 0) is 22.7 Å². The largest absolute Gasteiger partial charge is 0.329 e. The second kappa shape index (κ2) is 6.67. The molecule has 116 valence electrons. The molecule has 1 aromatic heterocycles. The molecule has 23 heavy (non-hydrogen) atoms. The molecule has 0 fully saturated rings. The topological polar surface area (TPSA) is 44.0 Å². The molecule has 0 aliphatic rings. The van der Waals surface area contributed by atoms with E-state index in [9.17, 15) is 9.59 Å². The third kappa shape index (κ3) is 3.27. The van der Waals surface area contributed by atoms with Crippen LogP contribution in [-0.2, 0) is 11.3 Å². The molecule has 0 spiro atoms. The van der Waals surface area contributed by atoms with E-state index in [1.165, 1.54) is 4.57 Å². The zero-order chi connectivity index (χ0) is 16.2. The number of hydrogen-bond donors (Lipinski definition) is 0. The van der Waals surface area contributed by atoms with Gasteiger partial charge in [0.25, 0.3) is 0 Å². The monoisotopic (exact) mass is 326 g/mol. The van der Waals surface area contributed by atoms with Crippen LogP contribution < -0.4 is 5.69 Å². The molecule has 0 radical (unpaired) electrons. The molecular formula is C18H15ClN2O2. The molecule has 0 aliphatic heterocycles. The predicted octanol–water partition coefficient (Wildman–Crippen LogP) is 3.05. The molecule has 0 amide bonds. The summed E-state index contributed by atoms with van der Waals surface area (Å²) in [7, 11) is 0. The zero-order valence-electron chi connectivity index (χ0n) is 12.3. The minimum Gasteiger partial charge on any atom is -0.290 e. The van der Waals surface area contributed by atoms with Crippen LogP contribution in [0.15, 0.2) is 77.9 Å². The van der Waals surface area contributed by atoms with Gasteiger partial charge < -0.3 is 0 Å². The van der Waals surface area contributed by atoms with E-state index >= 15 is 0 Å². The lowest BCUT2D eigenvalue weighted by Gasteiger charge is -2.19. The average molecular weight is 327 g/mol. The lowest BCUT2D eigenvalue weighted by atomic mass is 9.99. The lowest BCUT2D eigenvalue weighted by molar-refractivity contribution is -0.112. The Morgan fingerprint density at radius 2 is 1.43 bits per heavy atom. The Morgan fingerprint density at radius 1 is 0.913 bits per heavy atom. The highest BCUT2D eigenvalue weighted by atomic mass is 35.5. The van der Waals surface area contributed by atoms with Gasteiger partial charge in [-0.15, -0.1) is 0 Å². The number of nitrogens with zero attached hydrogens (tertiary/aromatic N) is 2. The fourth-order valence-corrected chi connectivity index (χ4v) is 2.79. The van der Waals surface area contributed by atoms with E-state index in [2.05, 4.69) is 0 Å². The maximum absolute atomic E-state index is 12.6. The van der Waals surface area contributed by atoms with Crippen LogP contribution in [0.2, 0.25) is 0 Å². The van der Waals surface area contributed by atoms with Gasteiger partial charge in [0.05, 0.1) is 6.04 Å². The lowest BCUT2D eigenvalue weighted by Crippen LogP contribution is -2.29. The van der Waals surface area contributed by atoms with Gasteiger partial charge >= 0.3 is 5.69 Å². The van der Waals surface area contributed by atoms with Crippen LogP contribution >= 0.6 is 11.6 Å². The number of rotatable bonds is 5. The van der Waals surface area contributed by atoms with Crippen LogP contribution in [0.5, 0.6) is 0 Å². The molecule has 0 bridgehead atoms. The van der Waals surface area contributed by atoms with Crippen LogP contribution in [0, 0.1) is 0 Å². The van der Waals surface area contributed by atoms with Crippen molar-refractivity contribution < 1.29 is 4.79 Å². The highest BCUT2D eigenvalue weighted by Crippen LogP contribution is 2.25. The summed E-state index contributed by atoms with van der Waals surface area (Å²) in [4.78, 5) is 23.7. The summed E-state index contributed by atoms with van der Waals surface area (Å²) in [5.41, 5.74) is 1.73. The van der Waals surface area contributed by atoms with Crippen molar-refractivity contribution in [3.63, 3.8) is 0 Å². The average Bonchev–Trinajstić information content (AvgIpc) is 2.90. The molecule has 4 nitrogen and oxygen atoms in total. The minimum atomic E-state index is -0.569. The number of halogens is 1. The molecule has 1 heterocycles. The second-order valence-electron chi connectivity index (χ2n) is 5.19. The summed E-state index contributed by atoms with van der Waals surface area (Å²) in [5, 5.41) is -0.569. The van der Waals surface area contributed by atoms with Gasteiger partial charge in [-0.25, -0.2) is 4.79 Å². The van der Waals surface area contributed by atoms with Gasteiger partial charge in [0, 0.05) is 12.4 Å². The Hall–Kier alpha value is -2.59. The second-order valence-corrected chi connectivity index (χ2v) is 5.62. The first kappa shape index (κ1) is 15.3. The summed E-state index contributed by atoms with van der Waals surface area (Å²) in [6.45, 7) is -0.135. The van der Waals surface area contributed by atoms with Crippen LogP contribution in [0.4, 0.5) is 0 Å². The van der Waals surface area contributed by atoms with Gasteiger partial charge in [-0.1, -0.05) is 60.7 Å². The van der Waals surface area contributed by atoms with Crippen molar-refractivity contribution in [3.05, 3.63) is 94.7 Å². The summed E-state index contributed by atoms with van der Waals surface area (Å²) >= 11 is 5.40. The highest BCUT2D eigenvalue weighted by molar-refractivity contribution is 6.63. The third-order valence-corrected chi connectivity index (χ3v) is 3.80. The SMILES string of the molecule is O=C(Cl)Cn1ccn(C(c2ccccc2)c2ccccc2)c1=O. The van der Waals surface area contributed by atoms with Crippen LogP contribution in [0.3, 0.4) is 0 Å². The Morgan fingerprint density at radius 3 is 1.91 bits per heavy atom. The zero-order valence-corrected chi connectivity index (χ0v) is 13.1. The number of hydrogen-bond acceptors (Lipinski definition) is 2. The molecule has 0 unspecified atom stereocenters. The molecular weight excluding hydrogens is 312 g/mol. The van der Waals surface area contributed by atoms with Gasteiger partial charge in [0.1, 0.15) is 6.54 Å². The van der Waals surface area contributed by atoms with Gasteiger partial charge in [0.15, 0.2) is 0 Å². The van der Waals surface area contributed by atoms with Crippen LogP contribution in [-0.4, -0.2) is 14.4 Å². The van der Waals surface area contributed by atoms with Crippen molar-refractivity contribution in [2.24, 2.45) is 0 Å². The van der Waals surface area contributed by atoms with Crippen molar-refractivity contribution in [2.75, 3.05) is 0 Å². The fraction of sp³-hybridized carbons (Fsp3) is 0.111. The van der Waals surface area contributed by atoms with Gasteiger partial charge in [-0.2, -0.15) is 0 Å². The number of imidazole rings is 1. The van der Waals surface area contributed by atoms with E-state index < -0.39 is 5.24 Å². The first-order valence-electron chi connectivity index (χ1n) is 7.22. The molecule has 0 saturated heterocycles. The molecule has 2 aromatic carbocycles. The molecule has 0 saturated carbocycles. The van der Waals surface area contributed by atoms with E-state index in [0.29, 0.717) is 0 Å². The van der Waals surface area contributed by atoms with Crippen molar-refractivity contribution in [1.29, 1.82) is 0 Å². The van der Waals surface area contributed by atoms with Gasteiger partial charge in [0.2, 0.25) is 5.24 Å². The Bertz CT molecular complexity index is 814. The Labute approximate surface area is 138 Å². The van der Waals surface area contributed by atoms with E-state index in [0.717, 1.165) is 11.1 Å². The summed E-state index contributed by atoms with van der Waals surface area (Å²) in [6, 6.07) is 19.3. The number of aromatic nitrogens is 2. The van der Waals surface area contributed by atoms with Crippen molar-refractivity contribution in [2.45, 2.75) is 12.6 Å². The maximum Gasteiger partial charge on any atom is 0.329 e. The minimum absolute atomic E-state index is 0.135. The molecule has 3 rings (SSSR count). The van der Waals surface area contributed by atoms with Crippen molar-refractivity contribution in [1.82, 2.24) is 9.13 Å². The quantitative estimate of drug-likeness (QED) is 0.676. The van der Waals surface area contributed by atoms with E-state index in [1.54, 1.807) is 17.0 Å². The van der Waals surface area contributed by atoms with E-state index in [4.69, 9.17) is 11.6 Å². The van der Waals surface area contributed by atoms with Crippen LogP contribution in [0.25, 0.3) is 0 Å². The number of benzene rings is 2.